The summed E-state index contributed by atoms with van der Waals surface area (Å²) in [4.78, 5) is 18.1. The van der Waals surface area contributed by atoms with Crippen LogP contribution in [0.1, 0.15) is 58.6 Å². The van der Waals surface area contributed by atoms with Crippen LogP contribution in [0.4, 0.5) is 11.4 Å². The van der Waals surface area contributed by atoms with E-state index in [0.717, 1.165) is 51.9 Å². The van der Waals surface area contributed by atoms with E-state index in [4.69, 9.17) is 0 Å². The molecule has 2 aromatic rings. The van der Waals surface area contributed by atoms with Crippen LogP contribution in [0.25, 0.3) is 0 Å². The fourth-order valence-electron chi connectivity index (χ4n) is 5.43. The van der Waals surface area contributed by atoms with E-state index in [1.54, 1.807) is 0 Å². The third kappa shape index (κ3) is 5.94. The van der Waals surface area contributed by atoms with Crippen LogP contribution in [0.3, 0.4) is 0 Å². The molecule has 0 saturated heterocycles. The van der Waals surface area contributed by atoms with Crippen molar-refractivity contribution in [1.82, 2.24) is 0 Å². The van der Waals surface area contributed by atoms with Gasteiger partial charge >= 0.3 is 0 Å². The molecule has 0 aromatic heterocycles. The van der Waals surface area contributed by atoms with Gasteiger partial charge in [-0.1, -0.05) is 31.2 Å². The lowest BCUT2D eigenvalue weighted by atomic mass is 9.71. The van der Waals surface area contributed by atoms with Crippen LogP contribution in [0.15, 0.2) is 48.5 Å². The Hall–Kier alpha value is -2.29. The summed E-state index contributed by atoms with van der Waals surface area (Å²) in [6.45, 7) is 15.2. The van der Waals surface area contributed by atoms with Crippen molar-refractivity contribution in [1.29, 1.82) is 0 Å². The molecule has 0 bridgehead atoms. The average Bonchev–Trinajstić information content (AvgIpc) is 2.80. The lowest BCUT2D eigenvalue weighted by molar-refractivity contribution is -0.130. The average molecular weight is 435 g/mol. The van der Waals surface area contributed by atoms with Gasteiger partial charge in [0, 0.05) is 49.4 Å². The van der Waals surface area contributed by atoms with E-state index in [1.807, 2.05) is 0 Å². The Morgan fingerprint density at radius 3 is 1.31 bits per heavy atom. The molecule has 0 amide bonds. The molecule has 2 unspecified atom stereocenters. The van der Waals surface area contributed by atoms with Crippen LogP contribution in [0.5, 0.6) is 0 Å². The summed E-state index contributed by atoms with van der Waals surface area (Å²) in [5.74, 6) is 1.38. The molecule has 1 aliphatic carbocycles. The number of ketones is 1. The first-order valence-corrected chi connectivity index (χ1v) is 12.7. The fourth-order valence-corrected chi connectivity index (χ4v) is 5.43. The zero-order valence-electron chi connectivity index (χ0n) is 20.8. The van der Waals surface area contributed by atoms with Crippen LogP contribution in [0, 0.1) is 17.8 Å². The Bertz CT molecular complexity index is 765. The summed E-state index contributed by atoms with van der Waals surface area (Å²) < 4.78 is 0. The molecule has 1 aliphatic rings. The van der Waals surface area contributed by atoms with Gasteiger partial charge in [-0.3, -0.25) is 4.79 Å². The lowest BCUT2D eigenvalue weighted by Gasteiger charge is -2.32. The number of Topliss-reactive ketones (excluding diaryl/α,β-unsaturated/α-hetero) is 1. The summed E-state index contributed by atoms with van der Waals surface area (Å²) in [5.41, 5.74) is 5.12. The molecule has 0 N–H and O–H groups in total. The van der Waals surface area contributed by atoms with Crippen molar-refractivity contribution in [3.8, 4) is 0 Å². The first-order valence-electron chi connectivity index (χ1n) is 12.7. The Balaban J connectivity index is 1.65. The van der Waals surface area contributed by atoms with E-state index < -0.39 is 0 Å². The van der Waals surface area contributed by atoms with Crippen molar-refractivity contribution in [2.45, 2.75) is 60.3 Å². The van der Waals surface area contributed by atoms with Gasteiger partial charge in [-0.15, -0.1) is 0 Å². The molecule has 32 heavy (non-hydrogen) atoms. The van der Waals surface area contributed by atoms with Crippen LogP contribution in [-0.4, -0.2) is 32.0 Å². The monoisotopic (exact) mass is 434 g/mol. The second-order valence-corrected chi connectivity index (χ2v) is 9.46. The van der Waals surface area contributed by atoms with Crippen molar-refractivity contribution in [3.63, 3.8) is 0 Å². The predicted molar refractivity (Wildman–Crippen MR) is 138 cm³/mol. The zero-order chi connectivity index (χ0) is 23.1. The van der Waals surface area contributed by atoms with Gasteiger partial charge in [-0.25, -0.2) is 0 Å². The Morgan fingerprint density at radius 2 is 1.00 bits per heavy atom. The van der Waals surface area contributed by atoms with Crippen LogP contribution in [0.2, 0.25) is 0 Å². The Morgan fingerprint density at radius 1 is 0.656 bits per heavy atom. The molecule has 2 aromatic carbocycles. The molecule has 1 saturated carbocycles. The summed E-state index contributed by atoms with van der Waals surface area (Å²) in [5, 5.41) is 0. The number of carbonyl (C=O) groups is 1. The van der Waals surface area contributed by atoms with Crippen molar-refractivity contribution < 1.29 is 4.79 Å². The summed E-state index contributed by atoms with van der Waals surface area (Å²) in [6.07, 6.45) is 3.79. The molecule has 2 atom stereocenters. The van der Waals surface area contributed by atoms with Gasteiger partial charge in [0.15, 0.2) is 0 Å². The molecule has 0 aliphatic heterocycles. The van der Waals surface area contributed by atoms with E-state index in [9.17, 15) is 4.79 Å². The quantitative estimate of drug-likeness (QED) is 0.432. The van der Waals surface area contributed by atoms with Crippen LogP contribution >= 0.6 is 0 Å². The Kier molecular flexibility index (Phi) is 8.78. The van der Waals surface area contributed by atoms with E-state index in [2.05, 4.69) is 92.9 Å². The normalized spacial score (nSPS) is 20.9. The highest BCUT2D eigenvalue weighted by atomic mass is 16.1. The van der Waals surface area contributed by atoms with Crippen LogP contribution < -0.4 is 9.80 Å². The Labute approximate surface area is 195 Å². The van der Waals surface area contributed by atoms with E-state index in [1.165, 1.54) is 22.5 Å². The maximum absolute atomic E-state index is 13.4. The predicted octanol–water partition coefficient (Wildman–Crippen LogP) is 6.40. The van der Waals surface area contributed by atoms with Gasteiger partial charge in [0.25, 0.3) is 0 Å². The van der Waals surface area contributed by atoms with Crippen molar-refractivity contribution in [2.75, 3.05) is 36.0 Å². The highest BCUT2D eigenvalue weighted by molar-refractivity contribution is 5.84. The molecule has 0 spiro atoms. The molecule has 3 heteroatoms. The summed E-state index contributed by atoms with van der Waals surface area (Å²) >= 11 is 0. The van der Waals surface area contributed by atoms with Gasteiger partial charge in [-0.05, 0) is 94.7 Å². The van der Waals surface area contributed by atoms with Gasteiger partial charge < -0.3 is 9.80 Å². The topological polar surface area (TPSA) is 23.6 Å². The number of hydrogen-bond donors (Lipinski definition) is 0. The van der Waals surface area contributed by atoms with Crippen molar-refractivity contribution in [3.05, 3.63) is 59.7 Å². The number of carbonyl (C=O) groups excluding carboxylic acids is 1. The van der Waals surface area contributed by atoms with Gasteiger partial charge in [-0.2, -0.15) is 0 Å². The number of rotatable bonds is 10. The third-order valence-corrected chi connectivity index (χ3v) is 7.27. The molecular weight excluding hydrogens is 392 g/mol. The molecular formula is C29H42N2O. The minimum atomic E-state index is 0.151. The molecule has 3 rings (SSSR count). The standard InChI is InChI=1S/C29H42N2O/c1-6-30(7-2)27-14-10-23(11-15-27)20-25-18-22(5)19-26(29(25)32)21-24-12-16-28(17-13-24)31(8-3)9-4/h10-17,22,25-26H,6-9,18-21H2,1-5H3. The smallest absolute Gasteiger partial charge is 0.139 e. The number of hydrogen-bond acceptors (Lipinski definition) is 3. The highest BCUT2D eigenvalue weighted by Crippen LogP contribution is 2.35. The maximum Gasteiger partial charge on any atom is 0.139 e. The number of benzene rings is 2. The van der Waals surface area contributed by atoms with E-state index in [0.29, 0.717) is 11.7 Å². The fraction of sp³-hybridized carbons (Fsp3) is 0.552. The molecule has 0 heterocycles. The third-order valence-electron chi connectivity index (χ3n) is 7.27. The maximum atomic E-state index is 13.4. The van der Waals surface area contributed by atoms with Crippen LogP contribution in [-0.2, 0) is 17.6 Å². The van der Waals surface area contributed by atoms with Gasteiger partial charge in [0.1, 0.15) is 5.78 Å². The summed E-state index contributed by atoms with van der Waals surface area (Å²) in [6, 6.07) is 17.8. The largest absolute Gasteiger partial charge is 0.372 e. The molecule has 3 nitrogen and oxygen atoms in total. The molecule has 0 radical (unpaired) electrons. The lowest BCUT2D eigenvalue weighted by Crippen LogP contribution is -2.34. The minimum absolute atomic E-state index is 0.151. The van der Waals surface area contributed by atoms with Crippen molar-refractivity contribution in [2.24, 2.45) is 17.8 Å². The SMILES string of the molecule is CCN(CC)c1ccc(CC2CC(C)CC(Cc3ccc(N(CC)CC)cc3)C2=O)cc1. The molecule has 1 fully saturated rings. The zero-order valence-corrected chi connectivity index (χ0v) is 20.8. The second-order valence-electron chi connectivity index (χ2n) is 9.46. The van der Waals surface area contributed by atoms with E-state index in [-0.39, 0.29) is 11.8 Å². The first-order chi connectivity index (χ1) is 15.5. The van der Waals surface area contributed by atoms with Gasteiger partial charge in [0.2, 0.25) is 0 Å². The number of nitrogens with zero attached hydrogens (tertiary/aromatic N) is 2. The van der Waals surface area contributed by atoms with Crippen molar-refractivity contribution >= 4 is 17.2 Å². The second kappa shape index (κ2) is 11.5. The summed E-state index contributed by atoms with van der Waals surface area (Å²) in [7, 11) is 0. The number of anilines is 2. The minimum Gasteiger partial charge on any atom is -0.372 e. The van der Waals surface area contributed by atoms with Gasteiger partial charge in [0.05, 0.1) is 0 Å². The van der Waals surface area contributed by atoms with E-state index >= 15 is 0 Å². The highest BCUT2D eigenvalue weighted by Gasteiger charge is 2.34. The molecule has 174 valence electrons. The first kappa shape index (κ1) is 24.4.